The molecule has 1 aliphatic carbocycles. The van der Waals surface area contributed by atoms with Gasteiger partial charge in [0.25, 0.3) is 0 Å². The van der Waals surface area contributed by atoms with Gasteiger partial charge in [0, 0.05) is 13.2 Å². The van der Waals surface area contributed by atoms with Crippen LogP contribution in [0.15, 0.2) is 0 Å². The molecule has 2 N–H and O–H groups in total. The lowest BCUT2D eigenvalue weighted by molar-refractivity contribution is -0.149. The van der Waals surface area contributed by atoms with E-state index in [1.54, 1.807) is 7.11 Å². The second-order valence-corrected chi connectivity index (χ2v) is 4.28. The molecular formula is C10H19NO3. The summed E-state index contributed by atoms with van der Waals surface area (Å²) in [7, 11) is 1.54. The standard InChI is InChI=1S/C10H19NO3/c1-7(2)11-10(6-14-3,9(12)13)8-4-5-8/h7-8,11H,4-6H2,1-3H3,(H,12,13). The van der Waals surface area contributed by atoms with Crippen LogP contribution in [-0.2, 0) is 9.53 Å². The molecule has 0 amide bonds. The summed E-state index contributed by atoms with van der Waals surface area (Å²) in [5.74, 6) is -0.571. The Morgan fingerprint density at radius 1 is 1.64 bits per heavy atom. The van der Waals surface area contributed by atoms with Crippen LogP contribution in [0.2, 0.25) is 0 Å². The highest BCUT2D eigenvalue weighted by atomic mass is 16.5. The molecule has 1 aliphatic rings. The van der Waals surface area contributed by atoms with Crippen molar-refractivity contribution >= 4 is 5.97 Å². The molecule has 0 bridgehead atoms. The second kappa shape index (κ2) is 4.28. The van der Waals surface area contributed by atoms with Crippen molar-refractivity contribution in [3.63, 3.8) is 0 Å². The van der Waals surface area contributed by atoms with Crippen molar-refractivity contribution in [3.8, 4) is 0 Å². The lowest BCUT2D eigenvalue weighted by Gasteiger charge is -2.32. The minimum atomic E-state index is -0.872. The smallest absolute Gasteiger partial charge is 0.326 e. The molecule has 0 radical (unpaired) electrons. The van der Waals surface area contributed by atoms with E-state index in [9.17, 15) is 9.90 Å². The average Bonchev–Trinajstić information content (AvgIpc) is 2.84. The van der Waals surface area contributed by atoms with Crippen molar-refractivity contribution in [2.24, 2.45) is 5.92 Å². The molecule has 0 aliphatic heterocycles. The Morgan fingerprint density at radius 3 is 2.50 bits per heavy atom. The largest absolute Gasteiger partial charge is 0.480 e. The van der Waals surface area contributed by atoms with Crippen molar-refractivity contribution in [1.29, 1.82) is 0 Å². The maximum atomic E-state index is 11.3. The highest BCUT2D eigenvalue weighted by Gasteiger charge is 2.51. The molecule has 1 atom stereocenters. The fourth-order valence-corrected chi connectivity index (χ4v) is 1.89. The minimum Gasteiger partial charge on any atom is -0.480 e. The van der Waals surface area contributed by atoms with Crippen molar-refractivity contribution in [3.05, 3.63) is 0 Å². The van der Waals surface area contributed by atoms with Crippen LogP contribution in [0.1, 0.15) is 26.7 Å². The van der Waals surface area contributed by atoms with Gasteiger partial charge in [-0.15, -0.1) is 0 Å². The van der Waals surface area contributed by atoms with E-state index in [1.165, 1.54) is 0 Å². The summed E-state index contributed by atoms with van der Waals surface area (Å²) in [6.45, 7) is 4.15. The molecule has 0 heterocycles. The van der Waals surface area contributed by atoms with E-state index in [4.69, 9.17) is 4.74 Å². The second-order valence-electron chi connectivity index (χ2n) is 4.28. The molecule has 1 rings (SSSR count). The Labute approximate surface area is 84.6 Å². The molecule has 0 spiro atoms. The molecule has 14 heavy (non-hydrogen) atoms. The third kappa shape index (κ3) is 2.25. The van der Waals surface area contributed by atoms with Gasteiger partial charge in [-0.3, -0.25) is 10.1 Å². The fourth-order valence-electron chi connectivity index (χ4n) is 1.89. The topological polar surface area (TPSA) is 58.6 Å². The van der Waals surface area contributed by atoms with Gasteiger partial charge in [0.05, 0.1) is 6.61 Å². The van der Waals surface area contributed by atoms with Gasteiger partial charge in [0.2, 0.25) is 0 Å². The number of carboxylic acids is 1. The van der Waals surface area contributed by atoms with Gasteiger partial charge in [-0.05, 0) is 32.6 Å². The molecule has 0 aromatic rings. The van der Waals surface area contributed by atoms with E-state index in [1.807, 2.05) is 13.8 Å². The molecule has 82 valence electrons. The zero-order valence-electron chi connectivity index (χ0n) is 9.04. The number of methoxy groups -OCH3 is 1. The SMILES string of the molecule is COCC(NC(C)C)(C(=O)O)C1CC1. The van der Waals surface area contributed by atoms with E-state index in [0.717, 1.165) is 12.8 Å². The summed E-state index contributed by atoms with van der Waals surface area (Å²) in [4.78, 5) is 11.3. The van der Waals surface area contributed by atoms with Gasteiger partial charge < -0.3 is 9.84 Å². The minimum absolute atomic E-state index is 0.154. The van der Waals surface area contributed by atoms with Crippen LogP contribution < -0.4 is 5.32 Å². The number of rotatable bonds is 6. The van der Waals surface area contributed by atoms with Gasteiger partial charge in [-0.2, -0.15) is 0 Å². The van der Waals surface area contributed by atoms with E-state index in [-0.39, 0.29) is 18.6 Å². The highest BCUT2D eigenvalue weighted by molar-refractivity contribution is 5.80. The molecular weight excluding hydrogens is 182 g/mol. The number of hydrogen-bond acceptors (Lipinski definition) is 3. The number of hydrogen-bond donors (Lipinski definition) is 2. The van der Waals surface area contributed by atoms with E-state index in [2.05, 4.69) is 5.32 Å². The lowest BCUT2D eigenvalue weighted by atomic mass is 9.93. The Balaban J connectivity index is 2.77. The summed E-state index contributed by atoms with van der Waals surface area (Å²) in [5.41, 5.74) is -0.872. The van der Waals surface area contributed by atoms with Crippen molar-refractivity contribution < 1.29 is 14.6 Å². The van der Waals surface area contributed by atoms with E-state index in [0.29, 0.717) is 0 Å². The van der Waals surface area contributed by atoms with Crippen LogP contribution in [0.4, 0.5) is 0 Å². The predicted octanol–water partition coefficient (Wildman–Crippen LogP) is 0.864. The first-order valence-corrected chi connectivity index (χ1v) is 5.03. The van der Waals surface area contributed by atoms with Crippen LogP contribution in [0, 0.1) is 5.92 Å². The van der Waals surface area contributed by atoms with Crippen molar-refractivity contribution in [2.75, 3.05) is 13.7 Å². The van der Waals surface area contributed by atoms with Gasteiger partial charge in [-0.1, -0.05) is 0 Å². The van der Waals surface area contributed by atoms with Gasteiger partial charge in [-0.25, -0.2) is 0 Å². The van der Waals surface area contributed by atoms with Crippen molar-refractivity contribution in [1.82, 2.24) is 5.32 Å². The van der Waals surface area contributed by atoms with E-state index >= 15 is 0 Å². The molecule has 4 nitrogen and oxygen atoms in total. The summed E-state index contributed by atoms with van der Waals surface area (Å²) in [6.07, 6.45) is 1.96. The maximum absolute atomic E-state index is 11.3. The third-order valence-electron chi connectivity index (χ3n) is 2.57. The van der Waals surface area contributed by atoms with Gasteiger partial charge in [0.1, 0.15) is 5.54 Å². The summed E-state index contributed by atoms with van der Waals surface area (Å²) >= 11 is 0. The first-order chi connectivity index (χ1) is 6.53. The normalized spacial score (nSPS) is 20.9. The van der Waals surface area contributed by atoms with Crippen molar-refractivity contribution in [2.45, 2.75) is 38.3 Å². The average molecular weight is 201 g/mol. The zero-order chi connectivity index (χ0) is 10.8. The fraction of sp³-hybridized carbons (Fsp3) is 0.900. The van der Waals surface area contributed by atoms with Gasteiger partial charge in [0.15, 0.2) is 0 Å². The predicted molar refractivity (Wildman–Crippen MR) is 53.2 cm³/mol. The lowest BCUT2D eigenvalue weighted by Crippen LogP contribution is -2.59. The Kier molecular flexibility index (Phi) is 3.50. The molecule has 0 saturated heterocycles. The summed E-state index contributed by atoms with van der Waals surface area (Å²) in [6, 6.07) is 0.154. The first kappa shape index (κ1) is 11.5. The number of carboxylic acid groups (broad SMARTS) is 1. The molecule has 4 heteroatoms. The maximum Gasteiger partial charge on any atom is 0.326 e. The number of nitrogens with one attached hydrogen (secondary N) is 1. The van der Waals surface area contributed by atoms with Crippen LogP contribution in [0.3, 0.4) is 0 Å². The van der Waals surface area contributed by atoms with Crippen LogP contribution in [0.25, 0.3) is 0 Å². The first-order valence-electron chi connectivity index (χ1n) is 5.03. The van der Waals surface area contributed by atoms with Crippen LogP contribution in [0.5, 0.6) is 0 Å². The molecule has 0 aromatic heterocycles. The van der Waals surface area contributed by atoms with Crippen LogP contribution in [-0.4, -0.2) is 36.4 Å². The third-order valence-corrected chi connectivity index (χ3v) is 2.57. The van der Waals surface area contributed by atoms with Crippen LogP contribution >= 0.6 is 0 Å². The Bertz CT molecular complexity index is 213. The number of ether oxygens (including phenoxy) is 1. The molecule has 1 saturated carbocycles. The quantitative estimate of drug-likeness (QED) is 0.669. The van der Waals surface area contributed by atoms with Gasteiger partial charge >= 0.3 is 5.97 Å². The Hall–Kier alpha value is -0.610. The number of carbonyl (C=O) groups is 1. The summed E-state index contributed by atoms with van der Waals surface area (Å²) in [5, 5.41) is 12.4. The number of aliphatic carboxylic acids is 1. The molecule has 0 aromatic carbocycles. The summed E-state index contributed by atoms with van der Waals surface area (Å²) < 4.78 is 5.03. The van der Waals surface area contributed by atoms with E-state index < -0.39 is 11.5 Å². The Morgan fingerprint density at radius 2 is 2.21 bits per heavy atom. The molecule has 1 unspecified atom stereocenters. The zero-order valence-corrected chi connectivity index (χ0v) is 9.04. The molecule has 1 fully saturated rings. The highest BCUT2D eigenvalue weighted by Crippen LogP contribution is 2.40. The monoisotopic (exact) mass is 201 g/mol.